The maximum Gasteiger partial charge on any atom is 0.177 e. The highest BCUT2D eigenvalue weighted by Crippen LogP contribution is 2.19. The van der Waals surface area contributed by atoms with Gasteiger partial charge in [-0.05, 0) is 70.3 Å². The van der Waals surface area contributed by atoms with Crippen molar-refractivity contribution < 1.29 is 4.79 Å². The van der Waals surface area contributed by atoms with Crippen molar-refractivity contribution in [2.45, 2.75) is 11.8 Å². The Morgan fingerprint density at radius 2 is 2.08 bits per heavy atom. The zero-order valence-corrected chi connectivity index (χ0v) is 12.8. The smallest absolute Gasteiger partial charge is 0.177 e. The molecule has 0 aliphatic rings. The Balaban J connectivity index is 3.09. The van der Waals surface area contributed by atoms with E-state index in [4.69, 9.17) is 0 Å². The predicted octanol–water partition coefficient (Wildman–Crippen LogP) is 3.86. The van der Waals surface area contributed by atoms with E-state index in [1.165, 1.54) is 0 Å². The lowest BCUT2D eigenvalue weighted by atomic mass is 10.1. The minimum Gasteiger partial charge on any atom is -0.293 e. The van der Waals surface area contributed by atoms with Crippen molar-refractivity contribution in [3.8, 4) is 0 Å². The summed E-state index contributed by atoms with van der Waals surface area (Å²) in [5.74, 6) is 0.140. The molecular formula is C9H7BrI2O. The maximum absolute atomic E-state index is 11.6. The van der Waals surface area contributed by atoms with Crippen molar-refractivity contribution in [1.29, 1.82) is 0 Å². The van der Waals surface area contributed by atoms with Gasteiger partial charge in [0.2, 0.25) is 0 Å². The first-order chi connectivity index (χ1) is 6.02. The second kappa shape index (κ2) is 5.06. The van der Waals surface area contributed by atoms with Gasteiger partial charge in [0.25, 0.3) is 0 Å². The van der Waals surface area contributed by atoms with E-state index in [0.717, 1.165) is 12.7 Å². The van der Waals surface area contributed by atoms with E-state index in [9.17, 15) is 4.79 Å². The predicted molar refractivity (Wildman–Crippen MR) is 74.6 cm³/mol. The number of carbonyl (C=O) groups excluding carboxylic acids is 1. The fourth-order valence-electron chi connectivity index (χ4n) is 0.904. The van der Waals surface area contributed by atoms with E-state index in [-0.39, 0.29) is 10.6 Å². The first kappa shape index (κ1) is 11.9. The minimum atomic E-state index is -0.110. The van der Waals surface area contributed by atoms with Gasteiger partial charge < -0.3 is 0 Å². The summed E-state index contributed by atoms with van der Waals surface area (Å²) in [5, 5.41) is 0. The molecule has 0 heterocycles. The van der Waals surface area contributed by atoms with Crippen LogP contribution in [0.3, 0.4) is 0 Å². The molecule has 4 heteroatoms. The molecule has 1 unspecified atom stereocenters. The van der Waals surface area contributed by atoms with Crippen LogP contribution in [0.1, 0.15) is 17.3 Å². The molecule has 0 aromatic heterocycles. The molecule has 0 N–H and O–H groups in total. The van der Waals surface area contributed by atoms with Crippen LogP contribution in [0.15, 0.2) is 18.2 Å². The van der Waals surface area contributed by atoms with Gasteiger partial charge in [-0.2, -0.15) is 0 Å². The molecule has 1 aromatic carbocycles. The SMILES string of the molecule is CC(Br)C(=O)c1ccc(I)cc1I. The number of carbonyl (C=O) groups is 1. The Morgan fingerprint density at radius 3 is 2.54 bits per heavy atom. The molecule has 0 fully saturated rings. The van der Waals surface area contributed by atoms with Crippen LogP contribution in [0, 0.1) is 7.14 Å². The number of rotatable bonds is 2. The van der Waals surface area contributed by atoms with Crippen molar-refractivity contribution in [2.75, 3.05) is 0 Å². The Kier molecular flexibility index (Phi) is 4.64. The molecule has 1 nitrogen and oxygen atoms in total. The largest absolute Gasteiger partial charge is 0.293 e. The lowest BCUT2D eigenvalue weighted by Crippen LogP contribution is -2.11. The van der Waals surface area contributed by atoms with E-state index in [1.807, 2.05) is 25.1 Å². The number of Topliss-reactive ketones (excluding diaryl/α,β-unsaturated/α-hetero) is 1. The molecule has 0 aliphatic carbocycles. The third-order valence-corrected chi connectivity index (χ3v) is 3.54. The standard InChI is InChI=1S/C9H7BrI2O/c1-5(10)9(13)7-3-2-6(11)4-8(7)12/h2-5H,1H3. The summed E-state index contributed by atoms with van der Waals surface area (Å²) in [6.07, 6.45) is 0. The average molecular weight is 465 g/mol. The highest BCUT2D eigenvalue weighted by atomic mass is 127. The van der Waals surface area contributed by atoms with Gasteiger partial charge in [-0.1, -0.05) is 15.9 Å². The summed E-state index contributed by atoms with van der Waals surface area (Å²) in [6, 6.07) is 5.83. The number of alkyl halides is 1. The zero-order chi connectivity index (χ0) is 10.0. The zero-order valence-electron chi connectivity index (χ0n) is 6.85. The lowest BCUT2D eigenvalue weighted by Gasteiger charge is -2.05. The van der Waals surface area contributed by atoms with Gasteiger partial charge in [-0.3, -0.25) is 4.79 Å². The Morgan fingerprint density at radius 1 is 1.46 bits per heavy atom. The summed E-state index contributed by atoms with van der Waals surface area (Å²) in [4.78, 5) is 11.5. The molecule has 13 heavy (non-hydrogen) atoms. The summed E-state index contributed by atoms with van der Waals surface area (Å²) in [5.41, 5.74) is 0.797. The minimum absolute atomic E-state index is 0.110. The maximum atomic E-state index is 11.6. The average Bonchev–Trinajstić information content (AvgIpc) is 2.03. The summed E-state index contributed by atoms with van der Waals surface area (Å²) in [6.45, 7) is 1.84. The van der Waals surface area contributed by atoms with Gasteiger partial charge in [-0.15, -0.1) is 0 Å². The van der Waals surface area contributed by atoms with Crippen LogP contribution in [-0.4, -0.2) is 10.6 Å². The highest BCUT2D eigenvalue weighted by molar-refractivity contribution is 14.1. The first-order valence-electron chi connectivity index (χ1n) is 3.65. The van der Waals surface area contributed by atoms with Crippen molar-refractivity contribution in [1.82, 2.24) is 0 Å². The van der Waals surface area contributed by atoms with Gasteiger partial charge in [-0.25, -0.2) is 0 Å². The van der Waals surface area contributed by atoms with Crippen LogP contribution in [0.25, 0.3) is 0 Å². The summed E-state index contributed by atoms with van der Waals surface area (Å²) < 4.78 is 2.17. The Labute approximate surface area is 113 Å². The second-order valence-corrected chi connectivity index (χ2v) is 6.39. The molecule has 0 spiro atoms. The Bertz CT molecular complexity index is 336. The van der Waals surface area contributed by atoms with Crippen LogP contribution < -0.4 is 0 Å². The molecule has 0 saturated heterocycles. The number of benzene rings is 1. The van der Waals surface area contributed by atoms with Gasteiger partial charge in [0, 0.05) is 12.7 Å². The van der Waals surface area contributed by atoms with Gasteiger partial charge in [0.1, 0.15) is 0 Å². The van der Waals surface area contributed by atoms with Gasteiger partial charge in [0.05, 0.1) is 4.83 Å². The quantitative estimate of drug-likeness (QED) is 0.369. The van der Waals surface area contributed by atoms with Crippen LogP contribution in [0.4, 0.5) is 0 Å². The summed E-state index contributed by atoms with van der Waals surface area (Å²) >= 11 is 7.70. The number of hydrogen-bond donors (Lipinski definition) is 0. The molecule has 0 bridgehead atoms. The summed E-state index contributed by atoms with van der Waals surface area (Å²) in [7, 11) is 0. The normalized spacial score (nSPS) is 12.6. The molecule has 1 aromatic rings. The fraction of sp³-hybridized carbons (Fsp3) is 0.222. The van der Waals surface area contributed by atoms with Crippen molar-refractivity contribution >= 4 is 66.9 Å². The third kappa shape index (κ3) is 3.16. The molecule has 0 radical (unpaired) electrons. The Hall–Kier alpha value is 0.830. The van der Waals surface area contributed by atoms with E-state index in [2.05, 4.69) is 61.1 Å². The monoisotopic (exact) mass is 464 g/mol. The lowest BCUT2D eigenvalue weighted by molar-refractivity contribution is 0.0995. The van der Waals surface area contributed by atoms with E-state index in [1.54, 1.807) is 0 Å². The van der Waals surface area contributed by atoms with Crippen molar-refractivity contribution in [3.63, 3.8) is 0 Å². The molecule has 0 aliphatic heterocycles. The molecule has 1 rings (SSSR count). The topological polar surface area (TPSA) is 17.1 Å². The van der Waals surface area contributed by atoms with Crippen LogP contribution >= 0.6 is 61.1 Å². The van der Waals surface area contributed by atoms with Gasteiger partial charge >= 0.3 is 0 Å². The first-order valence-corrected chi connectivity index (χ1v) is 6.73. The number of ketones is 1. The van der Waals surface area contributed by atoms with E-state index >= 15 is 0 Å². The molecule has 1 atom stereocenters. The van der Waals surface area contributed by atoms with Crippen LogP contribution in [-0.2, 0) is 0 Å². The van der Waals surface area contributed by atoms with E-state index < -0.39 is 0 Å². The third-order valence-electron chi connectivity index (χ3n) is 1.56. The van der Waals surface area contributed by atoms with Crippen LogP contribution in [0.2, 0.25) is 0 Å². The fourth-order valence-corrected chi connectivity index (χ4v) is 3.02. The molecular weight excluding hydrogens is 458 g/mol. The highest BCUT2D eigenvalue weighted by Gasteiger charge is 2.14. The molecule has 0 amide bonds. The number of hydrogen-bond acceptors (Lipinski definition) is 1. The van der Waals surface area contributed by atoms with Crippen molar-refractivity contribution in [3.05, 3.63) is 30.9 Å². The molecule has 0 saturated carbocycles. The second-order valence-electron chi connectivity index (χ2n) is 2.60. The number of halogens is 3. The van der Waals surface area contributed by atoms with E-state index in [0.29, 0.717) is 0 Å². The van der Waals surface area contributed by atoms with Gasteiger partial charge in [0.15, 0.2) is 5.78 Å². The van der Waals surface area contributed by atoms with Crippen molar-refractivity contribution in [2.24, 2.45) is 0 Å². The molecule has 70 valence electrons. The van der Waals surface area contributed by atoms with Crippen LogP contribution in [0.5, 0.6) is 0 Å².